The van der Waals surface area contributed by atoms with Crippen LogP contribution in [0.1, 0.15) is 16.7 Å². The minimum Gasteiger partial charge on any atom is -0.369 e. The molecule has 0 atom stereocenters. The van der Waals surface area contributed by atoms with Gasteiger partial charge in [0.15, 0.2) is 0 Å². The average Bonchev–Trinajstić information content (AvgIpc) is 2.65. The predicted octanol–water partition coefficient (Wildman–Crippen LogP) is 4.78. The zero-order valence-corrected chi connectivity index (χ0v) is 15.2. The second-order valence-electron chi connectivity index (χ2n) is 7.16. The maximum absolute atomic E-state index is 2.58. The maximum Gasteiger partial charge on any atom is 0.0399 e. The molecule has 1 aliphatic heterocycles. The van der Waals surface area contributed by atoms with Crippen LogP contribution in [0.4, 0.5) is 5.69 Å². The molecule has 3 aromatic carbocycles. The third-order valence-corrected chi connectivity index (χ3v) is 5.51. The fraction of sp³-hybridized carbons (Fsp3) is 0.304. The quantitative estimate of drug-likeness (QED) is 0.682. The molecular formula is C23H26N2. The number of rotatable bonds is 3. The predicted molar refractivity (Wildman–Crippen MR) is 107 cm³/mol. The van der Waals surface area contributed by atoms with Crippen molar-refractivity contribution < 1.29 is 0 Å². The van der Waals surface area contributed by atoms with Gasteiger partial charge < -0.3 is 4.90 Å². The number of hydrogen-bond acceptors (Lipinski definition) is 2. The highest BCUT2D eigenvalue weighted by Crippen LogP contribution is 2.24. The summed E-state index contributed by atoms with van der Waals surface area (Å²) in [5.41, 5.74) is 5.63. The van der Waals surface area contributed by atoms with Crippen LogP contribution in [0.15, 0.2) is 60.7 Å². The molecule has 0 saturated carbocycles. The number of nitrogens with zero attached hydrogens (tertiary/aromatic N) is 2. The van der Waals surface area contributed by atoms with Gasteiger partial charge in [0.2, 0.25) is 0 Å². The summed E-state index contributed by atoms with van der Waals surface area (Å²) >= 11 is 0. The summed E-state index contributed by atoms with van der Waals surface area (Å²) in [6.45, 7) is 9.96. The molecule has 1 aliphatic rings. The molecule has 0 aromatic heterocycles. The van der Waals surface area contributed by atoms with Crippen LogP contribution in [0.25, 0.3) is 10.8 Å². The summed E-state index contributed by atoms with van der Waals surface area (Å²) in [5.74, 6) is 0. The number of hydrogen-bond donors (Lipinski definition) is 0. The Morgan fingerprint density at radius 2 is 1.52 bits per heavy atom. The first-order chi connectivity index (χ1) is 12.2. The molecule has 0 aliphatic carbocycles. The summed E-state index contributed by atoms with van der Waals surface area (Å²) in [5, 5.41) is 2.67. The Hall–Kier alpha value is -2.32. The van der Waals surface area contributed by atoms with Crippen LogP contribution < -0.4 is 4.90 Å². The summed E-state index contributed by atoms with van der Waals surface area (Å²) in [4.78, 5) is 5.12. The molecule has 1 saturated heterocycles. The average molecular weight is 330 g/mol. The van der Waals surface area contributed by atoms with E-state index in [4.69, 9.17) is 0 Å². The molecule has 1 fully saturated rings. The maximum atomic E-state index is 2.58. The van der Waals surface area contributed by atoms with Crippen molar-refractivity contribution in [1.29, 1.82) is 0 Å². The molecule has 2 heteroatoms. The number of anilines is 1. The van der Waals surface area contributed by atoms with Gasteiger partial charge in [0.25, 0.3) is 0 Å². The van der Waals surface area contributed by atoms with E-state index in [1.165, 1.54) is 33.2 Å². The summed E-state index contributed by atoms with van der Waals surface area (Å²) in [6, 6.07) is 22.1. The van der Waals surface area contributed by atoms with Crippen molar-refractivity contribution in [3.8, 4) is 0 Å². The monoisotopic (exact) mass is 330 g/mol. The van der Waals surface area contributed by atoms with Crippen molar-refractivity contribution in [2.75, 3.05) is 31.1 Å². The topological polar surface area (TPSA) is 6.48 Å². The van der Waals surface area contributed by atoms with Crippen LogP contribution in [0.3, 0.4) is 0 Å². The molecule has 0 amide bonds. The Labute approximate surface area is 150 Å². The molecule has 0 spiro atoms. The lowest BCUT2D eigenvalue weighted by Gasteiger charge is -2.37. The van der Waals surface area contributed by atoms with Crippen LogP contribution in [0.5, 0.6) is 0 Å². The van der Waals surface area contributed by atoms with Gasteiger partial charge >= 0.3 is 0 Å². The van der Waals surface area contributed by atoms with Gasteiger partial charge in [0.05, 0.1) is 0 Å². The highest BCUT2D eigenvalue weighted by molar-refractivity contribution is 5.82. The Morgan fingerprint density at radius 1 is 0.760 bits per heavy atom. The number of piperazine rings is 1. The SMILES string of the molecule is Cc1cccc(N2CCN(Cc3ccc4ccccc4c3)CC2)c1C. The van der Waals surface area contributed by atoms with E-state index < -0.39 is 0 Å². The molecule has 25 heavy (non-hydrogen) atoms. The number of benzene rings is 3. The van der Waals surface area contributed by atoms with Crippen molar-refractivity contribution >= 4 is 16.5 Å². The molecule has 3 aromatic rings. The van der Waals surface area contributed by atoms with Crippen molar-refractivity contribution in [1.82, 2.24) is 4.90 Å². The zero-order valence-electron chi connectivity index (χ0n) is 15.2. The van der Waals surface area contributed by atoms with Crippen molar-refractivity contribution in [3.63, 3.8) is 0 Å². The molecule has 0 unspecified atom stereocenters. The van der Waals surface area contributed by atoms with Crippen molar-refractivity contribution in [2.24, 2.45) is 0 Å². The van der Waals surface area contributed by atoms with Gasteiger partial charge in [-0.2, -0.15) is 0 Å². The van der Waals surface area contributed by atoms with Crippen LogP contribution in [0.2, 0.25) is 0 Å². The highest BCUT2D eigenvalue weighted by atomic mass is 15.3. The molecular weight excluding hydrogens is 304 g/mol. The summed E-state index contributed by atoms with van der Waals surface area (Å²) in [7, 11) is 0. The Bertz CT molecular complexity index is 876. The minimum absolute atomic E-state index is 1.05. The van der Waals surface area contributed by atoms with Crippen molar-refractivity contribution in [2.45, 2.75) is 20.4 Å². The normalized spacial score (nSPS) is 15.7. The van der Waals surface area contributed by atoms with Crippen LogP contribution >= 0.6 is 0 Å². The van der Waals surface area contributed by atoms with Crippen LogP contribution in [-0.2, 0) is 6.54 Å². The summed E-state index contributed by atoms with van der Waals surface area (Å²) < 4.78 is 0. The molecule has 128 valence electrons. The third kappa shape index (κ3) is 3.40. The number of fused-ring (bicyclic) bond motifs is 1. The van der Waals surface area contributed by atoms with Gasteiger partial charge in [0.1, 0.15) is 0 Å². The van der Waals surface area contributed by atoms with Crippen LogP contribution in [-0.4, -0.2) is 31.1 Å². The minimum atomic E-state index is 1.05. The zero-order chi connectivity index (χ0) is 17.2. The van der Waals surface area contributed by atoms with E-state index in [0.29, 0.717) is 0 Å². The van der Waals surface area contributed by atoms with E-state index in [9.17, 15) is 0 Å². The smallest absolute Gasteiger partial charge is 0.0399 e. The first-order valence-electron chi connectivity index (χ1n) is 9.22. The second kappa shape index (κ2) is 6.89. The van der Waals surface area contributed by atoms with E-state index in [2.05, 4.69) is 84.3 Å². The van der Waals surface area contributed by atoms with E-state index in [0.717, 1.165) is 32.7 Å². The van der Waals surface area contributed by atoms with E-state index in [1.807, 2.05) is 0 Å². The lowest BCUT2D eigenvalue weighted by molar-refractivity contribution is 0.250. The molecule has 1 heterocycles. The molecule has 0 radical (unpaired) electrons. The largest absolute Gasteiger partial charge is 0.369 e. The Morgan fingerprint density at radius 3 is 2.32 bits per heavy atom. The Kier molecular flexibility index (Phi) is 4.46. The van der Waals surface area contributed by atoms with Crippen molar-refractivity contribution in [3.05, 3.63) is 77.4 Å². The lowest BCUT2D eigenvalue weighted by Crippen LogP contribution is -2.46. The molecule has 0 N–H and O–H groups in total. The van der Waals surface area contributed by atoms with Crippen LogP contribution in [0, 0.1) is 13.8 Å². The first-order valence-corrected chi connectivity index (χ1v) is 9.22. The lowest BCUT2D eigenvalue weighted by atomic mass is 10.1. The van der Waals surface area contributed by atoms with Gasteiger partial charge in [0, 0.05) is 38.4 Å². The fourth-order valence-corrected chi connectivity index (χ4v) is 3.82. The third-order valence-electron chi connectivity index (χ3n) is 5.51. The van der Waals surface area contributed by atoms with Gasteiger partial charge in [-0.3, -0.25) is 4.90 Å². The molecule has 2 nitrogen and oxygen atoms in total. The van der Waals surface area contributed by atoms with Gasteiger partial charge in [-0.15, -0.1) is 0 Å². The van der Waals surface area contributed by atoms with Gasteiger partial charge in [-0.25, -0.2) is 0 Å². The fourth-order valence-electron chi connectivity index (χ4n) is 3.82. The number of aryl methyl sites for hydroxylation is 1. The Balaban J connectivity index is 1.42. The standard InChI is InChI=1S/C23H26N2/c1-18-6-5-9-23(19(18)2)25-14-12-24(13-15-25)17-20-10-11-21-7-3-4-8-22(21)16-20/h3-11,16H,12-15,17H2,1-2H3. The summed E-state index contributed by atoms with van der Waals surface area (Å²) in [6.07, 6.45) is 0. The van der Waals surface area contributed by atoms with E-state index >= 15 is 0 Å². The van der Waals surface area contributed by atoms with Gasteiger partial charge in [-0.05, 0) is 53.4 Å². The highest BCUT2D eigenvalue weighted by Gasteiger charge is 2.18. The van der Waals surface area contributed by atoms with E-state index in [-0.39, 0.29) is 0 Å². The molecule has 4 rings (SSSR count). The second-order valence-corrected chi connectivity index (χ2v) is 7.16. The van der Waals surface area contributed by atoms with E-state index in [1.54, 1.807) is 0 Å². The molecule has 0 bridgehead atoms. The van der Waals surface area contributed by atoms with Gasteiger partial charge in [-0.1, -0.05) is 48.5 Å². The first kappa shape index (κ1) is 16.2.